The number of hydrogen-bond acceptors (Lipinski definition) is 0. The highest BCUT2D eigenvalue weighted by Crippen LogP contribution is 2.39. The summed E-state index contributed by atoms with van der Waals surface area (Å²) >= 11 is 23.2. The summed E-state index contributed by atoms with van der Waals surface area (Å²) in [5.41, 5.74) is 0.0950. The van der Waals surface area contributed by atoms with Gasteiger partial charge in [-0.1, -0.05) is 52.5 Å². The minimum Gasteiger partial charge on any atom is -0.166 e. The first-order chi connectivity index (χ1) is 9.20. The summed E-state index contributed by atoms with van der Waals surface area (Å²) in [5, 5.41) is 0.225. The van der Waals surface area contributed by atoms with Gasteiger partial charge in [-0.25, -0.2) is 0 Å². The van der Waals surface area contributed by atoms with Crippen LogP contribution in [0.4, 0.5) is 13.2 Å². The van der Waals surface area contributed by atoms with Crippen molar-refractivity contribution in [1.29, 1.82) is 0 Å². The molecule has 2 aromatic carbocycles. The van der Waals surface area contributed by atoms with Gasteiger partial charge in [0.2, 0.25) is 0 Å². The van der Waals surface area contributed by atoms with Crippen LogP contribution in [0.3, 0.4) is 0 Å². The SMILES string of the molecule is FC(F)(F)c1ccc(-c2cc(Cl)c(Cl)c(Cl)c2)cc1Cl. The number of alkyl halides is 3. The largest absolute Gasteiger partial charge is 0.417 e. The number of benzene rings is 2. The van der Waals surface area contributed by atoms with Gasteiger partial charge in [-0.3, -0.25) is 0 Å². The van der Waals surface area contributed by atoms with Crippen molar-refractivity contribution in [1.82, 2.24) is 0 Å². The second-order valence-corrected chi connectivity index (χ2v) is 5.55. The fraction of sp³-hybridized carbons (Fsp3) is 0.0769. The molecule has 0 saturated heterocycles. The maximum Gasteiger partial charge on any atom is 0.417 e. The minimum atomic E-state index is -4.50. The molecule has 0 unspecified atom stereocenters. The smallest absolute Gasteiger partial charge is 0.166 e. The van der Waals surface area contributed by atoms with Crippen molar-refractivity contribution in [3.8, 4) is 11.1 Å². The van der Waals surface area contributed by atoms with Crippen molar-refractivity contribution in [2.24, 2.45) is 0 Å². The van der Waals surface area contributed by atoms with E-state index in [1.165, 1.54) is 24.3 Å². The van der Waals surface area contributed by atoms with E-state index in [0.29, 0.717) is 11.1 Å². The molecule has 0 nitrogen and oxygen atoms in total. The third-order valence-corrected chi connectivity index (χ3v) is 4.10. The summed E-state index contributed by atoms with van der Waals surface area (Å²) in [6, 6.07) is 6.43. The van der Waals surface area contributed by atoms with E-state index >= 15 is 0 Å². The number of rotatable bonds is 1. The van der Waals surface area contributed by atoms with E-state index in [1.54, 1.807) is 0 Å². The van der Waals surface area contributed by atoms with E-state index in [9.17, 15) is 13.2 Å². The summed E-state index contributed by atoms with van der Waals surface area (Å²) in [5.74, 6) is 0. The highest BCUT2D eigenvalue weighted by molar-refractivity contribution is 6.48. The molecule has 0 heterocycles. The van der Waals surface area contributed by atoms with Crippen LogP contribution in [0, 0.1) is 0 Å². The molecule has 20 heavy (non-hydrogen) atoms. The zero-order valence-corrected chi connectivity index (χ0v) is 12.6. The molecule has 0 aliphatic rings. The molecular formula is C13H5Cl4F3. The molecule has 0 fully saturated rings. The summed E-state index contributed by atoms with van der Waals surface area (Å²) in [4.78, 5) is 0. The van der Waals surface area contributed by atoms with Gasteiger partial charge in [0.05, 0.1) is 25.7 Å². The molecule has 0 bridgehead atoms. The molecule has 0 N–H and O–H groups in total. The Bertz CT molecular complexity index is 642. The Hall–Kier alpha value is -0.610. The van der Waals surface area contributed by atoms with Gasteiger partial charge in [0, 0.05) is 0 Å². The van der Waals surface area contributed by atoms with Crippen molar-refractivity contribution in [2.45, 2.75) is 6.18 Å². The second kappa shape index (κ2) is 5.64. The van der Waals surface area contributed by atoms with Crippen molar-refractivity contribution in [2.75, 3.05) is 0 Å². The molecule has 0 amide bonds. The van der Waals surface area contributed by atoms with Crippen LogP contribution in [0.2, 0.25) is 20.1 Å². The van der Waals surface area contributed by atoms with Gasteiger partial charge in [0.25, 0.3) is 0 Å². The molecule has 7 heteroatoms. The lowest BCUT2D eigenvalue weighted by atomic mass is 10.0. The zero-order valence-electron chi connectivity index (χ0n) is 9.53. The van der Waals surface area contributed by atoms with Crippen LogP contribution >= 0.6 is 46.4 Å². The molecule has 2 aromatic rings. The van der Waals surface area contributed by atoms with Gasteiger partial charge in [0.1, 0.15) is 0 Å². The summed E-state index contributed by atoms with van der Waals surface area (Å²) in [6.07, 6.45) is -4.50. The molecule has 0 spiro atoms. The average Bonchev–Trinajstić information content (AvgIpc) is 2.33. The summed E-state index contributed by atoms with van der Waals surface area (Å²) in [7, 11) is 0. The van der Waals surface area contributed by atoms with Crippen molar-refractivity contribution >= 4 is 46.4 Å². The third-order valence-electron chi connectivity index (χ3n) is 2.59. The Morgan fingerprint density at radius 2 is 1.20 bits per heavy atom. The van der Waals surface area contributed by atoms with E-state index in [2.05, 4.69) is 0 Å². The maximum absolute atomic E-state index is 12.6. The monoisotopic (exact) mass is 358 g/mol. The highest BCUT2D eigenvalue weighted by Gasteiger charge is 2.33. The predicted molar refractivity (Wildman–Crippen MR) is 76.9 cm³/mol. The molecule has 2 rings (SSSR count). The first-order valence-corrected chi connectivity index (χ1v) is 6.73. The average molecular weight is 360 g/mol. The Balaban J connectivity index is 2.53. The Morgan fingerprint density at radius 3 is 1.65 bits per heavy atom. The fourth-order valence-corrected chi connectivity index (χ4v) is 2.53. The van der Waals surface area contributed by atoms with E-state index in [4.69, 9.17) is 46.4 Å². The second-order valence-electron chi connectivity index (χ2n) is 3.95. The van der Waals surface area contributed by atoms with Gasteiger partial charge >= 0.3 is 6.18 Å². The lowest BCUT2D eigenvalue weighted by Crippen LogP contribution is -2.05. The van der Waals surface area contributed by atoms with E-state index in [1.807, 2.05) is 0 Å². The van der Waals surface area contributed by atoms with Crippen LogP contribution in [0.25, 0.3) is 11.1 Å². The Morgan fingerprint density at radius 1 is 0.700 bits per heavy atom. The van der Waals surface area contributed by atoms with Crippen LogP contribution < -0.4 is 0 Å². The molecule has 0 radical (unpaired) electrons. The zero-order chi connectivity index (χ0) is 15.1. The molecule has 0 aromatic heterocycles. The predicted octanol–water partition coefficient (Wildman–Crippen LogP) is 6.99. The topological polar surface area (TPSA) is 0 Å². The lowest BCUT2D eigenvalue weighted by Gasteiger charge is -2.11. The summed E-state index contributed by atoms with van der Waals surface area (Å²) < 4.78 is 37.9. The molecular weight excluding hydrogens is 355 g/mol. The maximum atomic E-state index is 12.6. The van der Waals surface area contributed by atoms with Crippen molar-refractivity contribution in [3.05, 3.63) is 56.0 Å². The van der Waals surface area contributed by atoms with Gasteiger partial charge in [0.15, 0.2) is 0 Å². The van der Waals surface area contributed by atoms with Crippen LogP contribution in [-0.4, -0.2) is 0 Å². The molecule has 0 aliphatic heterocycles. The van der Waals surface area contributed by atoms with Crippen LogP contribution in [0.5, 0.6) is 0 Å². The molecule has 106 valence electrons. The van der Waals surface area contributed by atoms with Gasteiger partial charge in [-0.2, -0.15) is 13.2 Å². The normalized spacial score (nSPS) is 11.8. The number of hydrogen-bond donors (Lipinski definition) is 0. The first-order valence-electron chi connectivity index (χ1n) is 5.22. The Kier molecular flexibility index (Phi) is 4.45. The van der Waals surface area contributed by atoms with E-state index < -0.39 is 16.8 Å². The van der Waals surface area contributed by atoms with Crippen LogP contribution in [-0.2, 0) is 6.18 Å². The van der Waals surface area contributed by atoms with E-state index in [-0.39, 0.29) is 15.1 Å². The van der Waals surface area contributed by atoms with Gasteiger partial charge in [-0.05, 0) is 35.4 Å². The molecule has 0 atom stereocenters. The van der Waals surface area contributed by atoms with Gasteiger partial charge in [-0.15, -0.1) is 0 Å². The minimum absolute atomic E-state index is 0.190. The third kappa shape index (κ3) is 3.17. The highest BCUT2D eigenvalue weighted by atomic mass is 35.5. The standard InChI is InChI=1S/C13H5Cl4F3/c14-9-3-6(1-2-8(9)13(18,19)20)7-4-10(15)12(17)11(16)5-7/h1-5H. The quantitative estimate of drug-likeness (QED) is 0.481. The van der Waals surface area contributed by atoms with Crippen molar-refractivity contribution in [3.63, 3.8) is 0 Å². The number of halogens is 7. The fourth-order valence-electron chi connectivity index (χ4n) is 1.65. The van der Waals surface area contributed by atoms with Crippen LogP contribution in [0.15, 0.2) is 30.3 Å². The Labute approximate surface area is 133 Å². The van der Waals surface area contributed by atoms with Crippen molar-refractivity contribution < 1.29 is 13.2 Å². The molecule has 0 saturated carbocycles. The van der Waals surface area contributed by atoms with Crippen LogP contribution in [0.1, 0.15) is 5.56 Å². The molecule has 0 aliphatic carbocycles. The van der Waals surface area contributed by atoms with E-state index in [0.717, 1.165) is 6.07 Å². The lowest BCUT2D eigenvalue weighted by molar-refractivity contribution is -0.137. The van der Waals surface area contributed by atoms with Gasteiger partial charge < -0.3 is 0 Å². The summed E-state index contributed by atoms with van der Waals surface area (Å²) in [6.45, 7) is 0. The first kappa shape index (κ1) is 15.8.